The van der Waals surface area contributed by atoms with Crippen LogP contribution in [0.4, 0.5) is 0 Å². The average molecular weight is 330 g/mol. The van der Waals surface area contributed by atoms with E-state index in [4.69, 9.17) is 11.6 Å². The molecule has 108 valence electrons. The molecule has 0 N–H and O–H groups in total. The van der Waals surface area contributed by atoms with E-state index in [1.165, 1.54) is 15.7 Å². The van der Waals surface area contributed by atoms with Gasteiger partial charge < -0.3 is 0 Å². The van der Waals surface area contributed by atoms with E-state index in [9.17, 15) is 9.59 Å². The SMILES string of the molecule is O=c1nc2sc3cc(Cl)ccc3n2c(=O)n1-c1ccccc1. The van der Waals surface area contributed by atoms with Crippen LogP contribution in [0, 0.1) is 0 Å². The number of rotatable bonds is 1. The average Bonchev–Trinajstić information content (AvgIpc) is 2.85. The van der Waals surface area contributed by atoms with Crippen molar-refractivity contribution in [2.75, 3.05) is 0 Å². The van der Waals surface area contributed by atoms with E-state index in [1.807, 2.05) is 6.07 Å². The fraction of sp³-hybridized carbons (Fsp3) is 0. The summed E-state index contributed by atoms with van der Waals surface area (Å²) >= 11 is 7.24. The number of hydrogen-bond donors (Lipinski definition) is 0. The summed E-state index contributed by atoms with van der Waals surface area (Å²) in [7, 11) is 0. The van der Waals surface area contributed by atoms with Crippen molar-refractivity contribution in [1.82, 2.24) is 14.0 Å². The van der Waals surface area contributed by atoms with Crippen LogP contribution in [0.15, 0.2) is 58.1 Å². The minimum atomic E-state index is -0.589. The maximum absolute atomic E-state index is 12.8. The molecular formula is C15H8ClN3O2S. The Balaban J connectivity index is 2.19. The van der Waals surface area contributed by atoms with Gasteiger partial charge in [0.05, 0.1) is 15.9 Å². The van der Waals surface area contributed by atoms with Crippen LogP contribution in [0.1, 0.15) is 0 Å². The summed E-state index contributed by atoms with van der Waals surface area (Å²) in [6.07, 6.45) is 0. The van der Waals surface area contributed by atoms with Crippen molar-refractivity contribution in [3.63, 3.8) is 0 Å². The summed E-state index contributed by atoms with van der Waals surface area (Å²) in [4.78, 5) is 29.4. The molecule has 0 saturated heterocycles. The third kappa shape index (κ3) is 1.88. The standard InChI is InChI=1S/C15H8ClN3O2S/c16-9-6-7-11-12(8-9)22-14-17-13(20)18(15(21)19(11)14)10-4-2-1-3-5-10/h1-8H. The zero-order valence-electron chi connectivity index (χ0n) is 11.1. The van der Waals surface area contributed by atoms with Crippen LogP contribution in [-0.4, -0.2) is 14.0 Å². The van der Waals surface area contributed by atoms with E-state index >= 15 is 0 Å². The predicted octanol–water partition coefficient (Wildman–Crippen LogP) is 2.71. The van der Waals surface area contributed by atoms with E-state index in [0.29, 0.717) is 21.2 Å². The summed E-state index contributed by atoms with van der Waals surface area (Å²) in [5, 5.41) is 0.574. The Kier molecular flexibility index (Phi) is 2.88. The quantitative estimate of drug-likeness (QED) is 0.539. The van der Waals surface area contributed by atoms with Crippen LogP contribution in [0.3, 0.4) is 0 Å². The smallest absolute Gasteiger partial charge is 0.247 e. The van der Waals surface area contributed by atoms with Gasteiger partial charge >= 0.3 is 11.4 Å². The molecule has 0 spiro atoms. The van der Waals surface area contributed by atoms with E-state index in [1.54, 1.807) is 42.5 Å². The first-order chi connectivity index (χ1) is 10.6. The molecule has 0 saturated carbocycles. The van der Waals surface area contributed by atoms with Crippen LogP contribution in [0.2, 0.25) is 5.02 Å². The van der Waals surface area contributed by atoms with E-state index in [2.05, 4.69) is 4.98 Å². The number of thiazole rings is 1. The molecule has 2 heterocycles. The van der Waals surface area contributed by atoms with Crippen LogP contribution >= 0.6 is 22.9 Å². The van der Waals surface area contributed by atoms with Gasteiger partial charge in [0.2, 0.25) is 4.96 Å². The second kappa shape index (κ2) is 4.79. The van der Waals surface area contributed by atoms with Gasteiger partial charge in [-0.15, -0.1) is 0 Å². The zero-order chi connectivity index (χ0) is 15.3. The Labute approximate surface area is 132 Å². The molecule has 0 bridgehead atoms. The molecule has 4 rings (SSSR count). The summed E-state index contributed by atoms with van der Waals surface area (Å²) < 4.78 is 3.31. The summed E-state index contributed by atoms with van der Waals surface area (Å²) in [6, 6.07) is 14.0. The lowest BCUT2D eigenvalue weighted by molar-refractivity contribution is 0.814. The van der Waals surface area contributed by atoms with Crippen LogP contribution < -0.4 is 11.4 Å². The highest BCUT2D eigenvalue weighted by Crippen LogP contribution is 2.26. The van der Waals surface area contributed by atoms with E-state index < -0.39 is 11.4 Å². The topological polar surface area (TPSA) is 56.4 Å². The molecule has 7 heteroatoms. The molecule has 4 aromatic rings. The summed E-state index contributed by atoms with van der Waals surface area (Å²) in [6.45, 7) is 0. The Morgan fingerprint density at radius 2 is 1.82 bits per heavy atom. The second-order valence-electron chi connectivity index (χ2n) is 4.68. The lowest BCUT2D eigenvalue weighted by atomic mass is 10.3. The Morgan fingerprint density at radius 3 is 2.59 bits per heavy atom. The van der Waals surface area contributed by atoms with Crippen molar-refractivity contribution in [2.45, 2.75) is 0 Å². The van der Waals surface area contributed by atoms with Crippen molar-refractivity contribution in [3.05, 3.63) is 74.5 Å². The van der Waals surface area contributed by atoms with Gasteiger partial charge in [0.15, 0.2) is 0 Å². The number of benzene rings is 2. The highest BCUT2D eigenvalue weighted by molar-refractivity contribution is 7.23. The molecule has 0 amide bonds. The number of nitrogens with zero attached hydrogens (tertiary/aromatic N) is 3. The number of aromatic nitrogens is 3. The molecule has 0 aliphatic carbocycles. The molecule has 0 aliphatic rings. The van der Waals surface area contributed by atoms with Gasteiger partial charge in [-0.1, -0.05) is 41.1 Å². The van der Waals surface area contributed by atoms with Crippen molar-refractivity contribution in [1.29, 1.82) is 0 Å². The van der Waals surface area contributed by atoms with Crippen LogP contribution in [0.5, 0.6) is 0 Å². The maximum Gasteiger partial charge on any atom is 0.359 e. The highest BCUT2D eigenvalue weighted by atomic mass is 35.5. The van der Waals surface area contributed by atoms with Gasteiger partial charge in [0, 0.05) is 5.02 Å². The molecule has 0 unspecified atom stereocenters. The number of para-hydroxylation sites is 1. The van der Waals surface area contributed by atoms with Gasteiger partial charge in [-0.25, -0.2) is 18.6 Å². The number of hydrogen-bond acceptors (Lipinski definition) is 4. The monoisotopic (exact) mass is 329 g/mol. The summed E-state index contributed by atoms with van der Waals surface area (Å²) in [5.74, 6) is 0. The molecule has 5 nitrogen and oxygen atoms in total. The first kappa shape index (κ1) is 13.2. The largest absolute Gasteiger partial charge is 0.359 e. The van der Waals surface area contributed by atoms with E-state index in [0.717, 1.165) is 9.27 Å². The lowest BCUT2D eigenvalue weighted by Gasteiger charge is -2.04. The van der Waals surface area contributed by atoms with Crippen molar-refractivity contribution >= 4 is 38.1 Å². The van der Waals surface area contributed by atoms with Crippen LogP contribution in [0.25, 0.3) is 20.9 Å². The molecule has 0 radical (unpaired) electrons. The lowest BCUT2D eigenvalue weighted by Crippen LogP contribution is -2.37. The highest BCUT2D eigenvalue weighted by Gasteiger charge is 2.14. The normalized spacial score (nSPS) is 11.3. The molecule has 0 atom stereocenters. The third-order valence-electron chi connectivity index (χ3n) is 3.33. The second-order valence-corrected chi connectivity index (χ2v) is 6.13. The molecule has 0 aliphatic heterocycles. The minimum Gasteiger partial charge on any atom is -0.247 e. The molecule has 2 aromatic heterocycles. The number of fused-ring (bicyclic) bond motifs is 3. The summed E-state index contributed by atoms with van der Waals surface area (Å²) in [5.41, 5.74) is 0.155. The fourth-order valence-electron chi connectivity index (χ4n) is 2.37. The Morgan fingerprint density at radius 1 is 1.05 bits per heavy atom. The first-order valence-electron chi connectivity index (χ1n) is 6.44. The third-order valence-corrected chi connectivity index (χ3v) is 4.57. The maximum atomic E-state index is 12.8. The molecular weight excluding hydrogens is 322 g/mol. The van der Waals surface area contributed by atoms with Gasteiger partial charge in [-0.3, -0.25) is 0 Å². The minimum absolute atomic E-state index is 0.361. The number of halogens is 1. The molecule has 22 heavy (non-hydrogen) atoms. The Bertz CT molecular complexity index is 1130. The van der Waals surface area contributed by atoms with Crippen LogP contribution in [-0.2, 0) is 0 Å². The van der Waals surface area contributed by atoms with Gasteiger partial charge in [0.25, 0.3) is 0 Å². The zero-order valence-corrected chi connectivity index (χ0v) is 12.6. The molecule has 0 fully saturated rings. The first-order valence-corrected chi connectivity index (χ1v) is 7.64. The van der Waals surface area contributed by atoms with E-state index in [-0.39, 0.29) is 0 Å². The predicted molar refractivity (Wildman–Crippen MR) is 87.5 cm³/mol. The molecule has 2 aromatic carbocycles. The Hall–Kier alpha value is -2.44. The van der Waals surface area contributed by atoms with Gasteiger partial charge in [0.1, 0.15) is 0 Å². The van der Waals surface area contributed by atoms with Crippen molar-refractivity contribution < 1.29 is 0 Å². The van der Waals surface area contributed by atoms with Crippen molar-refractivity contribution in [3.8, 4) is 5.69 Å². The van der Waals surface area contributed by atoms with Gasteiger partial charge in [-0.05, 0) is 30.3 Å². The van der Waals surface area contributed by atoms with Gasteiger partial charge in [-0.2, -0.15) is 4.98 Å². The fourth-order valence-corrected chi connectivity index (χ4v) is 3.65. The van der Waals surface area contributed by atoms with Crippen molar-refractivity contribution in [2.24, 2.45) is 0 Å².